The van der Waals surface area contributed by atoms with Gasteiger partial charge in [-0.2, -0.15) is 0 Å². The molecule has 0 N–H and O–H groups in total. The number of hydrogen-bond acceptors (Lipinski definition) is 0. The highest BCUT2D eigenvalue weighted by molar-refractivity contribution is 6.89. The minimum Gasteiger partial charge on any atom is -0.0653 e. The molecule has 0 bridgehead atoms. The number of hydrogen-bond donors (Lipinski definition) is 0. The molecule has 0 amide bonds. The van der Waals surface area contributed by atoms with Crippen LogP contribution in [0.1, 0.15) is 20.3 Å². The second-order valence-electron chi connectivity index (χ2n) is 2.54. The zero-order valence-electron chi connectivity index (χ0n) is 5.70. The van der Waals surface area contributed by atoms with Crippen molar-refractivity contribution in [1.29, 1.82) is 0 Å². The molecule has 0 aromatic heterocycles. The normalized spacial score (nSPS) is 12.4. The van der Waals surface area contributed by atoms with Crippen LogP contribution < -0.4 is 0 Å². The highest BCUT2D eigenvalue weighted by atomic mass is 29.1. The summed E-state index contributed by atoms with van der Waals surface area (Å²) in [5, 5.41) is 0. The summed E-state index contributed by atoms with van der Waals surface area (Å²) >= 11 is 0. The van der Waals surface area contributed by atoms with Crippen LogP contribution in [0, 0.1) is 5.92 Å². The first-order chi connectivity index (χ1) is 3.27. The van der Waals surface area contributed by atoms with Gasteiger partial charge >= 0.3 is 0 Å². The molecule has 0 nitrogen and oxygen atoms in total. The van der Waals surface area contributed by atoms with Gasteiger partial charge in [0.25, 0.3) is 0 Å². The molecule has 0 aliphatic rings. The average Bonchev–Trinajstić information content (AvgIpc) is 1.61. The van der Waals surface area contributed by atoms with Crippen LogP contribution in [-0.2, 0) is 0 Å². The van der Waals surface area contributed by atoms with Crippen molar-refractivity contribution in [1.82, 2.24) is 0 Å². The lowest BCUT2D eigenvalue weighted by Crippen LogP contribution is -1.91. The fraction of sp³-hybridized carbons (Fsp3) is 1.00. The van der Waals surface area contributed by atoms with Crippen LogP contribution in [0.25, 0.3) is 0 Å². The van der Waals surface area contributed by atoms with Crippen LogP contribution in [0.5, 0.6) is 0 Å². The molecule has 0 heterocycles. The largest absolute Gasteiger partial charge is 0.0653 e. The van der Waals surface area contributed by atoms with Crippen LogP contribution in [0.3, 0.4) is 0 Å². The molecule has 0 fully saturated rings. The first-order valence-electron chi connectivity index (χ1n) is 3.27. The molecule has 0 aliphatic carbocycles. The Morgan fingerprint density at radius 2 is 2.14 bits per heavy atom. The van der Waals surface area contributed by atoms with Crippen LogP contribution in [0.2, 0.25) is 6.04 Å². The summed E-state index contributed by atoms with van der Waals surface area (Å²) in [6.45, 7) is 4.62. The molecule has 0 aliphatic heterocycles. The van der Waals surface area contributed by atoms with Crippen LogP contribution >= 0.6 is 0 Å². The van der Waals surface area contributed by atoms with Crippen LogP contribution in [0.4, 0.5) is 0 Å². The standard InChI is InChI=1S/C5H16Si2/c1-5(2)3-4-7-6/h5H,3-4,7H2,1-2,6H3. The van der Waals surface area contributed by atoms with Crippen molar-refractivity contribution in [2.45, 2.75) is 26.3 Å². The summed E-state index contributed by atoms with van der Waals surface area (Å²) in [5.41, 5.74) is 0. The third-order valence-electron chi connectivity index (χ3n) is 1.14. The molecule has 0 aromatic carbocycles. The molecule has 0 atom stereocenters. The summed E-state index contributed by atoms with van der Waals surface area (Å²) in [4.78, 5) is 0. The van der Waals surface area contributed by atoms with E-state index in [2.05, 4.69) is 13.8 Å². The lowest BCUT2D eigenvalue weighted by atomic mass is 10.2. The van der Waals surface area contributed by atoms with Crippen molar-refractivity contribution in [3.8, 4) is 0 Å². The first kappa shape index (κ1) is 7.43. The van der Waals surface area contributed by atoms with Gasteiger partial charge in [-0.1, -0.05) is 26.3 Å². The van der Waals surface area contributed by atoms with Crippen LogP contribution in [0.15, 0.2) is 0 Å². The monoisotopic (exact) mass is 132 g/mol. The molecule has 0 saturated heterocycles. The van der Waals surface area contributed by atoms with E-state index in [4.69, 9.17) is 0 Å². The molecule has 0 rings (SSSR count). The second-order valence-corrected chi connectivity index (χ2v) is 7.24. The second kappa shape index (κ2) is 4.59. The van der Waals surface area contributed by atoms with Gasteiger partial charge in [0.05, 0.1) is 0 Å². The van der Waals surface area contributed by atoms with E-state index in [9.17, 15) is 0 Å². The predicted molar refractivity (Wildman–Crippen MR) is 42.7 cm³/mol. The maximum atomic E-state index is 2.31. The lowest BCUT2D eigenvalue weighted by molar-refractivity contribution is 0.625. The third kappa shape index (κ3) is 6.43. The zero-order chi connectivity index (χ0) is 5.70. The average molecular weight is 132 g/mol. The third-order valence-corrected chi connectivity index (χ3v) is 4.37. The quantitative estimate of drug-likeness (QED) is 0.471. The van der Waals surface area contributed by atoms with Gasteiger partial charge < -0.3 is 0 Å². The van der Waals surface area contributed by atoms with Crippen LogP contribution in [-0.4, -0.2) is 18.8 Å². The number of rotatable bonds is 3. The Morgan fingerprint density at radius 1 is 1.57 bits per heavy atom. The zero-order valence-corrected chi connectivity index (χ0v) is 9.11. The van der Waals surface area contributed by atoms with Gasteiger partial charge in [-0.15, -0.1) is 0 Å². The van der Waals surface area contributed by atoms with Gasteiger partial charge in [-0.05, 0) is 15.7 Å². The topological polar surface area (TPSA) is 0 Å². The maximum absolute atomic E-state index is 2.31. The van der Waals surface area contributed by atoms with Crippen molar-refractivity contribution in [3.05, 3.63) is 0 Å². The Hall–Kier alpha value is 0.434. The summed E-state index contributed by atoms with van der Waals surface area (Å²) in [6, 6.07) is 1.60. The molecule has 0 unspecified atom stereocenters. The lowest BCUT2D eigenvalue weighted by Gasteiger charge is -1.98. The van der Waals surface area contributed by atoms with Crippen molar-refractivity contribution < 1.29 is 0 Å². The van der Waals surface area contributed by atoms with E-state index in [-0.39, 0.29) is 0 Å². The molecular formula is C5H16Si2. The molecule has 2 heteroatoms. The maximum Gasteiger partial charge on any atom is 0.00414 e. The highest BCUT2D eigenvalue weighted by Gasteiger charge is 1.89. The SMILES string of the molecule is CC(C)CC[SiH2][SiH3]. The summed E-state index contributed by atoms with van der Waals surface area (Å²) in [6.07, 6.45) is 1.50. The van der Waals surface area contributed by atoms with Crippen molar-refractivity contribution in [2.75, 3.05) is 0 Å². The van der Waals surface area contributed by atoms with E-state index < -0.39 is 0 Å². The van der Waals surface area contributed by atoms with E-state index in [0.29, 0.717) is 9.04 Å². The van der Waals surface area contributed by atoms with E-state index in [1.165, 1.54) is 16.2 Å². The van der Waals surface area contributed by atoms with Crippen molar-refractivity contribution >= 4 is 18.8 Å². The Balaban J connectivity index is 2.68. The fourth-order valence-electron chi connectivity index (χ4n) is 0.612. The molecular weight excluding hydrogens is 116 g/mol. The van der Waals surface area contributed by atoms with Gasteiger partial charge in [-0.3, -0.25) is 0 Å². The molecule has 7 heavy (non-hydrogen) atoms. The van der Waals surface area contributed by atoms with E-state index in [1.807, 2.05) is 0 Å². The Bertz CT molecular complexity index is 35.1. The van der Waals surface area contributed by atoms with Gasteiger partial charge in [0.15, 0.2) is 0 Å². The van der Waals surface area contributed by atoms with Gasteiger partial charge in [-0.25, -0.2) is 0 Å². The molecule has 44 valence electrons. The smallest absolute Gasteiger partial charge is 0.00414 e. The summed E-state index contributed by atoms with van der Waals surface area (Å²) in [5.74, 6) is 0.960. The predicted octanol–water partition coefficient (Wildman–Crippen LogP) is -0.100. The van der Waals surface area contributed by atoms with E-state index >= 15 is 0 Å². The van der Waals surface area contributed by atoms with E-state index in [0.717, 1.165) is 5.92 Å². The fourth-order valence-corrected chi connectivity index (χ4v) is 3.06. The Morgan fingerprint density at radius 3 is 2.29 bits per heavy atom. The minimum absolute atomic E-state index is 0.510. The molecule has 0 aromatic rings. The molecule has 0 saturated carbocycles. The molecule has 0 spiro atoms. The molecule has 0 radical (unpaired) electrons. The van der Waals surface area contributed by atoms with Gasteiger partial charge in [0, 0.05) is 9.04 Å². The Labute approximate surface area is 51.7 Å². The Kier molecular flexibility index (Phi) is 4.87. The van der Waals surface area contributed by atoms with Gasteiger partial charge in [0.1, 0.15) is 0 Å². The van der Waals surface area contributed by atoms with E-state index in [1.54, 1.807) is 6.04 Å². The first-order valence-corrected chi connectivity index (χ1v) is 9.93. The van der Waals surface area contributed by atoms with Gasteiger partial charge in [0.2, 0.25) is 0 Å². The minimum atomic E-state index is 0.510. The van der Waals surface area contributed by atoms with Crippen molar-refractivity contribution in [2.24, 2.45) is 5.92 Å². The highest BCUT2D eigenvalue weighted by Crippen LogP contribution is 2.01. The summed E-state index contributed by atoms with van der Waals surface area (Å²) < 4.78 is 0. The summed E-state index contributed by atoms with van der Waals surface area (Å²) in [7, 11) is 2.04. The van der Waals surface area contributed by atoms with Crippen molar-refractivity contribution in [3.63, 3.8) is 0 Å².